The lowest BCUT2D eigenvalue weighted by Crippen LogP contribution is -2.22. The van der Waals surface area contributed by atoms with Crippen LogP contribution in [0.25, 0.3) is 22.1 Å². The van der Waals surface area contributed by atoms with Gasteiger partial charge in [0.15, 0.2) is 6.17 Å². The summed E-state index contributed by atoms with van der Waals surface area (Å²) in [5.74, 6) is -0.0962. The van der Waals surface area contributed by atoms with Gasteiger partial charge in [-0.2, -0.15) is 0 Å². The number of rotatable bonds is 3. The van der Waals surface area contributed by atoms with Crippen LogP contribution in [0.2, 0.25) is 0 Å². The average molecular weight is 358 g/mol. The van der Waals surface area contributed by atoms with Crippen molar-refractivity contribution >= 4 is 22.1 Å². The molecule has 2 N–H and O–H groups in total. The van der Waals surface area contributed by atoms with Gasteiger partial charge in [-0.25, -0.2) is 9.36 Å². The number of benzene rings is 3. The molecular weight excluding hydrogens is 344 g/mol. The first kappa shape index (κ1) is 15.3. The van der Waals surface area contributed by atoms with E-state index in [9.17, 15) is 10.2 Å². The number of aromatic hydroxyl groups is 2. The maximum absolute atomic E-state index is 10.5. The third-order valence-corrected chi connectivity index (χ3v) is 4.51. The molecule has 0 fully saturated rings. The van der Waals surface area contributed by atoms with E-state index in [0.29, 0.717) is 5.56 Å². The van der Waals surface area contributed by atoms with Crippen LogP contribution in [0.5, 0.6) is 11.5 Å². The van der Waals surface area contributed by atoms with E-state index in [0.717, 1.165) is 22.1 Å². The van der Waals surface area contributed by atoms with E-state index in [1.54, 1.807) is 15.4 Å². The Morgan fingerprint density at radius 1 is 0.704 bits per heavy atom. The molecule has 8 nitrogen and oxygen atoms in total. The van der Waals surface area contributed by atoms with E-state index in [-0.39, 0.29) is 11.5 Å². The summed E-state index contributed by atoms with van der Waals surface area (Å²) >= 11 is 0. The minimum atomic E-state index is -0.634. The fourth-order valence-corrected chi connectivity index (χ4v) is 3.25. The Kier molecular flexibility index (Phi) is 3.29. The van der Waals surface area contributed by atoms with Crippen LogP contribution in [0.1, 0.15) is 11.7 Å². The Hall–Kier alpha value is -3.94. The van der Waals surface area contributed by atoms with Gasteiger partial charge in [0.25, 0.3) is 0 Å². The smallest absolute Gasteiger partial charge is 0.177 e. The van der Waals surface area contributed by atoms with Gasteiger partial charge in [-0.1, -0.05) is 34.7 Å². The molecule has 0 aliphatic rings. The predicted molar refractivity (Wildman–Crippen MR) is 98.4 cm³/mol. The second-order valence-electron chi connectivity index (χ2n) is 6.16. The van der Waals surface area contributed by atoms with Crippen LogP contribution >= 0.6 is 0 Å². The van der Waals surface area contributed by atoms with Crippen molar-refractivity contribution in [3.8, 4) is 11.5 Å². The number of aromatic nitrogens is 6. The summed E-state index contributed by atoms with van der Waals surface area (Å²) in [4.78, 5) is 0. The van der Waals surface area contributed by atoms with Crippen molar-refractivity contribution in [3.63, 3.8) is 0 Å². The normalized spacial score (nSPS) is 11.6. The largest absolute Gasteiger partial charge is 0.508 e. The first-order valence-corrected chi connectivity index (χ1v) is 8.34. The number of fused-ring (bicyclic) bond motifs is 2. The molecule has 0 bridgehead atoms. The van der Waals surface area contributed by atoms with Gasteiger partial charge in [0.1, 0.15) is 22.5 Å². The zero-order valence-electron chi connectivity index (χ0n) is 14.0. The number of hydrogen-bond donors (Lipinski definition) is 2. The first-order valence-electron chi connectivity index (χ1n) is 8.34. The molecule has 0 aliphatic heterocycles. The summed E-state index contributed by atoms with van der Waals surface area (Å²) in [7, 11) is 0. The quantitative estimate of drug-likeness (QED) is 0.514. The maximum atomic E-state index is 10.5. The van der Waals surface area contributed by atoms with Crippen LogP contribution in [0.4, 0.5) is 0 Å². The molecule has 2 heterocycles. The lowest BCUT2D eigenvalue weighted by atomic mass is 10.1. The van der Waals surface area contributed by atoms with E-state index >= 15 is 0 Å². The van der Waals surface area contributed by atoms with Crippen molar-refractivity contribution in [1.82, 2.24) is 30.0 Å². The summed E-state index contributed by atoms with van der Waals surface area (Å²) in [6, 6.07) is 19.6. The van der Waals surface area contributed by atoms with Gasteiger partial charge in [0.05, 0.1) is 11.0 Å². The Morgan fingerprint density at radius 3 is 1.81 bits per heavy atom. The summed E-state index contributed by atoms with van der Waals surface area (Å²) < 4.78 is 3.37. The molecule has 27 heavy (non-hydrogen) atoms. The van der Waals surface area contributed by atoms with Crippen LogP contribution in [0, 0.1) is 0 Å². The van der Waals surface area contributed by atoms with Crippen molar-refractivity contribution in [2.75, 3.05) is 0 Å². The van der Waals surface area contributed by atoms with E-state index < -0.39 is 6.17 Å². The van der Waals surface area contributed by atoms with E-state index in [4.69, 9.17) is 0 Å². The number of phenols is 2. The third kappa shape index (κ3) is 2.38. The van der Waals surface area contributed by atoms with Crippen LogP contribution in [0.3, 0.4) is 0 Å². The van der Waals surface area contributed by atoms with E-state index in [2.05, 4.69) is 20.6 Å². The highest BCUT2D eigenvalue weighted by molar-refractivity contribution is 5.76. The summed E-state index contributed by atoms with van der Waals surface area (Å²) in [5.41, 5.74) is 3.54. The van der Waals surface area contributed by atoms with Crippen LogP contribution in [0.15, 0.2) is 66.7 Å². The van der Waals surface area contributed by atoms with Crippen molar-refractivity contribution < 1.29 is 10.2 Å². The molecule has 0 unspecified atom stereocenters. The molecule has 132 valence electrons. The minimum absolute atomic E-state index is 0.0260. The monoisotopic (exact) mass is 358 g/mol. The Labute approximate surface area is 152 Å². The Bertz CT molecular complexity index is 1200. The molecule has 3 aromatic carbocycles. The summed E-state index contributed by atoms with van der Waals surface area (Å²) in [5, 5.41) is 37.3. The first-order chi connectivity index (χ1) is 13.2. The van der Waals surface area contributed by atoms with Crippen LogP contribution < -0.4 is 0 Å². The van der Waals surface area contributed by atoms with Crippen LogP contribution in [-0.2, 0) is 0 Å². The molecular formula is C19H14N6O2. The van der Waals surface area contributed by atoms with Gasteiger partial charge >= 0.3 is 0 Å². The van der Waals surface area contributed by atoms with Crippen molar-refractivity contribution in [3.05, 3.63) is 72.3 Å². The lowest BCUT2D eigenvalue weighted by Gasteiger charge is -2.20. The molecule has 5 rings (SSSR count). The number of nitrogens with zero attached hydrogens (tertiary/aromatic N) is 6. The highest BCUT2D eigenvalue weighted by atomic mass is 16.3. The number of para-hydroxylation sites is 2. The standard InChI is InChI=1S/C19H14N6O2/c26-12-9-10-13(18(27)11-12)19(24-16-7-3-1-5-14(16)20-22-24)25-17-8-4-2-6-15(17)21-23-25/h1-11,19,26-27H. The molecule has 2 aromatic heterocycles. The maximum Gasteiger partial charge on any atom is 0.177 e. The summed E-state index contributed by atoms with van der Waals surface area (Å²) in [6.07, 6.45) is -0.634. The van der Waals surface area contributed by atoms with Crippen molar-refractivity contribution in [1.29, 1.82) is 0 Å². The van der Waals surface area contributed by atoms with Crippen LogP contribution in [-0.4, -0.2) is 40.2 Å². The molecule has 0 saturated carbocycles. The fraction of sp³-hybridized carbons (Fsp3) is 0.0526. The zero-order valence-corrected chi connectivity index (χ0v) is 14.0. The average Bonchev–Trinajstić information content (AvgIpc) is 3.29. The van der Waals surface area contributed by atoms with Crippen molar-refractivity contribution in [2.45, 2.75) is 6.17 Å². The number of hydrogen-bond acceptors (Lipinski definition) is 6. The third-order valence-electron chi connectivity index (χ3n) is 4.51. The highest BCUT2D eigenvalue weighted by Gasteiger charge is 2.25. The molecule has 0 radical (unpaired) electrons. The van der Waals surface area contributed by atoms with E-state index in [1.165, 1.54) is 12.1 Å². The van der Waals surface area contributed by atoms with Gasteiger partial charge in [-0.05, 0) is 36.4 Å². The highest BCUT2D eigenvalue weighted by Crippen LogP contribution is 2.33. The molecule has 5 aromatic rings. The molecule has 0 saturated heterocycles. The van der Waals surface area contributed by atoms with Gasteiger partial charge < -0.3 is 10.2 Å². The second kappa shape index (κ2) is 5.80. The SMILES string of the molecule is Oc1ccc(C(n2nnc3ccccc32)n2nnc3ccccc32)c(O)c1. The van der Waals surface area contributed by atoms with Gasteiger partial charge in [0.2, 0.25) is 0 Å². The molecule has 0 atom stereocenters. The van der Waals surface area contributed by atoms with Gasteiger partial charge in [0, 0.05) is 11.6 Å². The Balaban J connectivity index is 1.82. The van der Waals surface area contributed by atoms with Gasteiger partial charge in [-0.15, -0.1) is 10.2 Å². The van der Waals surface area contributed by atoms with E-state index in [1.807, 2.05) is 48.5 Å². The number of phenolic OH excluding ortho intramolecular Hbond substituents is 2. The Morgan fingerprint density at radius 2 is 1.26 bits per heavy atom. The van der Waals surface area contributed by atoms with Gasteiger partial charge in [-0.3, -0.25) is 0 Å². The molecule has 0 spiro atoms. The molecule has 0 aliphatic carbocycles. The minimum Gasteiger partial charge on any atom is -0.508 e. The molecule has 8 heteroatoms. The predicted octanol–water partition coefficient (Wildman–Crippen LogP) is 2.68. The summed E-state index contributed by atoms with van der Waals surface area (Å²) in [6.45, 7) is 0. The van der Waals surface area contributed by atoms with Crippen molar-refractivity contribution in [2.24, 2.45) is 0 Å². The second-order valence-corrected chi connectivity index (χ2v) is 6.16. The fourth-order valence-electron chi connectivity index (χ4n) is 3.25. The lowest BCUT2D eigenvalue weighted by molar-refractivity contribution is 0.390. The topological polar surface area (TPSA) is 102 Å². The molecule has 0 amide bonds. The zero-order chi connectivity index (χ0) is 18.4.